The Morgan fingerprint density at radius 2 is 2.18 bits per heavy atom. The predicted octanol–water partition coefficient (Wildman–Crippen LogP) is 2.44. The summed E-state index contributed by atoms with van der Waals surface area (Å²) in [5, 5.41) is 13.7. The van der Waals surface area contributed by atoms with Crippen molar-refractivity contribution in [2.45, 2.75) is 51.2 Å². The molecule has 96 valence electrons. The van der Waals surface area contributed by atoms with Gasteiger partial charge < -0.3 is 5.11 Å². The number of nitrogens with zero attached hydrogens (tertiary/aromatic N) is 2. The summed E-state index contributed by atoms with van der Waals surface area (Å²) >= 11 is 1.73. The van der Waals surface area contributed by atoms with E-state index in [1.54, 1.807) is 11.3 Å². The van der Waals surface area contributed by atoms with Gasteiger partial charge in [-0.25, -0.2) is 4.98 Å². The second-order valence-electron chi connectivity index (χ2n) is 5.19. The van der Waals surface area contributed by atoms with Crippen molar-refractivity contribution in [3.8, 4) is 0 Å². The first-order chi connectivity index (χ1) is 8.11. The largest absolute Gasteiger partial charge is 0.389 e. The molecule has 0 aromatic carbocycles. The van der Waals surface area contributed by atoms with E-state index < -0.39 is 5.60 Å². The third-order valence-electron chi connectivity index (χ3n) is 3.43. The quantitative estimate of drug-likeness (QED) is 0.877. The highest BCUT2D eigenvalue weighted by Crippen LogP contribution is 2.30. The molecule has 0 aliphatic heterocycles. The van der Waals surface area contributed by atoms with E-state index in [4.69, 9.17) is 0 Å². The molecule has 1 heterocycles. The molecule has 1 aliphatic carbocycles. The topological polar surface area (TPSA) is 36.4 Å². The van der Waals surface area contributed by atoms with Crippen molar-refractivity contribution < 1.29 is 5.11 Å². The molecule has 1 saturated carbocycles. The molecule has 3 nitrogen and oxygen atoms in total. The molecule has 0 bridgehead atoms. The molecule has 1 N–H and O–H groups in total. The van der Waals surface area contributed by atoms with Gasteiger partial charge in [0.2, 0.25) is 0 Å². The minimum absolute atomic E-state index is 0.446. The van der Waals surface area contributed by atoms with Gasteiger partial charge in [-0.3, -0.25) is 4.90 Å². The van der Waals surface area contributed by atoms with Crippen molar-refractivity contribution in [1.82, 2.24) is 9.88 Å². The van der Waals surface area contributed by atoms with E-state index in [9.17, 15) is 5.11 Å². The molecule has 0 saturated heterocycles. The average Bonchev–Trinajstić information content (AvgIpc) is 2.87. The first-order valence-corrected chi connectivity index (χ1v) is 7.33. The zero-order chi connectivity index (χ0) is 12.3. The van der Waals surface area contributed by atoms with E-state index in [0.717, 1.165) is 38.0 Å². The average molecular weight is 254 g/mol. The predicted molar refractivity (Wildman–Crippen MR) is 71.2 cm³/mol. The zero-order valence-electron chi connectivity index (χ0n) is 10.8. The van der Waals surface area contributed by atoms with Crippen LogP contribution in [0.3, 0.4) is 0 Å². The van der Waals surface area contributed by atoms with Gasteiger partial charge >= 0.3 is 0 Å². The van der Waals surface area contributed by atoms with Crippen LogP contribution in [0.25, 0.3) is 0 Å². The van der Waals surface area contributed by atoms with Gasteiger partial charge in [0.15, 0.2) is 0 Å². The van der Waals surface area contributed by atoms with Gasteiger partial charge in [0.25, 0.3) is 0 Å². The van der Waals surface area contributed by atoms with Crippen LogP contribution >= 0.6 is 11.3 Å². The summed E-state index contributed by atoms with van der Waals surface area (Å²) < 4.78 is 0. The number of hydrogen-bond donors (Lipinski definition) is 1. The molecule has 1 aromatic rings. The van der Waals surface area contributed by atoms with Crippen LogP contribution in [0.4, 0.5) is 0 Å². The van der Waals surface area contributed by atoms with Gasteiger partial charge in [0.05, 0.1) is 16.3 Å². The van der Waals surface area contributed by atoms with E-state index in [0.29, 0.717) is 0 Å². The van der Waals surface area contributed by atoms with E-state index >= 15 is 0 Å². The number of aromatic nitrogens is 1. The highest BCUT2D eigenvalue weighted by atomic mass is 32.1. The smallest absolute Gasteiger partial charge is 0.0926 e. The van der Waals surface area contributed by atoms with Gasteiger partial charge in [-0.05, 0) is 26.3 Å². The normalized spacial score (nSPS) is 19.1. The van der Waals surface area contributed by atoms with Crippen LogP contribution in [0.2, 0.25) is 0 Å². The van der Waals surface area contributed by atoms with E-state index in [1.165, 1.54) is 17.8 Å². The maximum Gasteiger partial charge on any atom is 0.0926 e. The lowest BCUT2D eigenvalue weighted by atomic mass is 10.0. The Morgan fingerprint density at radius 1 is 1.47 bits per heavy atom. The van der Waals surface area contributed by atoms with Crippen molar-refractivity contribution in [1.29, 1.82) is 0 Å². The Balaban J connectivity index is 1.86. The SMILES string of the molecule is CCc1nc(CN(C)CC2(O)CCCC2)cs1. The van der Waals surface area contributed by atoms with E-state index in [-0.39, 0.29) is 0 Å². The summed E-state index contributed by atoms with van der Waals surface area (Å²) in [4.78, 5) is 6.76. The Bertz CT molecular complexity index is 358. The van der Waals surface area contributed by atoms with Crippen LogP contribution in [0, 0.1) is 0 Å². The number of rotatable bonds is 5. The van der Waals surface area contributed by atoms with Crippen molar-refractivity contribution in [3.05, 3.63) is 16.1 Å². The Hall–Kier alpha value is -0.450. The molecule has 0 amide bonds. The minimum atomic E-state index is -0.446. The van der Waals surface area contributed by atoms with Crippen molar-refractivity contribution in [2.75, 3.05) is 13.6 Å². The van der Waals surface area contributed by atoms with Crippen LogP contribution in [-0.4, -0.2) is 34.2 Å². The van der Waals surface area contributed by atoms with Crippen molar-refractivity contribution in [3.63, 3.8) is 0 Å². The zero-order valence-corrected chi connectivity index (χ0v) is 11.6. The van der Waals surface area contributed by atoms with E-state index in [1.807, 2.05) is 0 Å². The first kappa shape index (κ1) is 13.0. The highest BCUT2D eigenvalue weighted by molar-refractivity contribution is 7.09. The van der Waals surface area contributed by atoms with Gasteiger partial charge in [0, 0.05) is 18.5 Å². The molecule has 0 spiro atoms. The molecular formula is C13H22N2OS. The maximum atomic E-state index is 10.3. The van der Waals surface area contributed by atoms with E-state index in [2.05, 4.69) is 29.2 Å². The monoisotopic (exact) mass is 254 g/mol. The molecule has 4 heteroatoms. The molecule has 2 rings (SSSR count). The number of thiazole rings is 1. The lowest BCUT2D eigenvalue weighted by molar-refractivity contribution is 0.0143. The lowest BCUT2D eigenvalue weighted by Crippen LogP contribution is -2.38. The first-order valence-electron chi connectivity index (χ1n) is 6.45. The molecule has 1 fully saturated rings. The van der Waals surface area contributed by atoms with Crippen LogP contribution in [0.1, 0.15) is 43.3 Å². The fraction of sp³-hybridized carbons (Fsp3) is 0.769. The summed E-state index contributed by atoms with van der Waals surface area (Å²) in [6, 6.07) is 0. The number of likely N-dealkylation sites (N-methyl/N-ethyl adjacent to an activating group) is 1. The second-order valence-corrected chi connectivity index (χ2v) is 6.13. The lowest BCUT2D eigenvalue weighted by Gasteiger charge is -2.28. The Labute approximate surface area is 107 Å². The summed E-state index contributed by atoms with van der Waals surface area (Å²) in [5.41, 5.74) is 0.689. The fourth-order valence-electron chi connectivity index (χ4n) is 2.61. The molecule has 1 aromatic heterocycles. The van der Waals surface area contributed by atoms with Crippen LogP contribution in [0.15, 0.2) is 5.38 Å². The number of aryl methyl sites for hydroxylation is 1. The van der Waals surface area contributed by atoms with Gasteiger partial charge in [-0.1, -0.05) is 19.8 Å². The highest BCUT2D eigenvalue weighted by Gasteiger charge is 2.32. The minimum Gasteiger partial charge on any atom is -0.389 e. The second kappa shape index (κ2) is 5.46. The molecular weight excluding hydrogens is 232 g/mol. The van der Waals surface area contributed by atoms with Crippen LogP contribution in [-0.2, 0) is 13.0 Å². The fourth-order valence-corrected chi connectivity index (χ4v) is 3.35. The maximum absolute atomic E-state index is 10.3. The summed E-state index contributed by atoms with van der Waals surface area (Å²) in [6.45, 7) is 3.75. The summed E-state index contributed by atoms with van der Waals surface area (Å²) in [5.74, 6) is 0. The Kier molecular flexibility index (Phi) is 4.17. The van der Waals surface area contributed by atoms with Gasteiger partial charge in [-0.2, -0.15) is 0 Å². The standard InChI is InChI=1S/C13H22N2OS/c1-3-12-14-11(9-17-12)8-15(2)10-13(16)6-4-5-7-13/h9,16H,3-8,10H2,1-2H3. The Morgan fingerprint density at radius 3 is 2.76 bits per heavy atom. The number of aliphatic hydroxyl groups is 1. The van der Waals surface area contributed by atoms with Gasteiger partial charge in [-0.15, -0.1) is 11.3 Å². The summed E-state index contributed by atoms with van der Waals surface area (Å²) in [6.07, 6.45) is 5.25. The van der Waals surface area contributed by atoms with Crippen LogP contribution in [0.5, 0.6) is 0 Å². The molecule has 0 radical (unpaired) electrons. The molecule has 17 heavy (non-hydrogen) atoms. The van der Waals surface area contributed by atoms with Gasteiger partial charge in [0.1, 0.15) is 0 Å². The molecule has 0 unspecified atom stereocenters. The third kappa shape index (κ3) is 3.50. The number of hydrogen-bond acceptors (Lipinski definition) is 4. The van der Waals surface area contributed by atoms with Crippen LogP contribution < -0.4 is 0 Å². The van der Waals surface area contributed by atoms with Crippen molar-refractivity contribution in [2.24, 2.45) is 0 Å². The summed E-state index contributed by atoms with van der Waals surface area (Å²) in [7, 11) is 2.07. The van der Waals surface area contributed by atoms with Crippen molar-refractivity contribution >= 4 is 11.3 Å². The third-order valence-corrected chi connectivity index (χ3v) is 4.47. The molecule has 0 atom stereocenters. The molecule has 1 aliphatic rings.